The minimum Gasteiger partial charge on any atom is -0.399 e. The minimum absolute atomic E-state index is 0.536. The molecule has 0 bridgehead atoms. The zero-order valence-corrected chi connectivity index (χ0v) is 11.5. The minimum atomic E-state index is -1.07. The van der Waals surface area contributed by atoms with Crippen molar-refractivity contribution in [2.75, 3.05) is 32.1 Å². The van der Waals surface area contributed by atoms with Crippen molar-refractivity contribution in [2.45, 2.75) is 11.6 Å². The summed E-state index contributed by atoms with van der Waals surface area (Å²) in [5.41, 5.74) is 8.02. The summed E-state index contributed by atoms with van der Waals surface area (Å²) >= 11 is 0. The van der Waals surface area contributed by atoms with Gasteiger partial charge in [0.2, 0.25) is 0 Å². The highest BCUT2D eigenvalue weighted by Gasteiger charge is 2.09. The Labute approximate surface area is 109 Å². The zero-order chi connectivity index (χ0) is 13.1. The molecule has 0 aliphatic carbocycles. The molecule has 0 amide bonds. The van der Waals surface area contributed by atoms with Crippen LogP contribution < -0.4 is 5.73 Å². The number of imidazole rings is 1. The highest BCUT2D eigenvalue weighted by atomic mass is 32.2. The number of fused-ring (bicyclic) bond motifs is 1. The van der Waals surface area contributed by atoms with E-state index in [2.05, 4.69) is 14.9 Å². The molecule has 0 aliphatic rings. The monoisotopic (exact) mass is 266 g/mol. The highest BCUT2D eigenvalue weighted by molar-refractivity contribution is 7.84. The van der Waals surface area contributed by atoms with Crippen LogP contribution in [0.3, 0.4) is 0 Å². The molecule has 1 aromatic heterocycles. The summed E-state index contributed by atoms with van der Waals surface area (Å²) in [6, 6.07) is 5.44. The maximum Gasteiger partial charge on any atom is 0.197 e. The molecule has 98 valence electrons. The van der Waals surface area contributed by atoms with E-state index < -0.39 is 10.8 Å². The van der Waals surface area contributed by atoms with Crippen molar-refractivity contribution in [3.8, 4) is 0 Å². The maximum absolute atomic E-state index is 12.0. The topological polar surface area (TPSA) is 75.0 Å². The Kier molecular flexibility index (Phi) is 3.98. The first kappa shape index (κ1) is 13.0. The van der Waals surface area contributed by atoms with Crippen LogP contribution in [0.25, 0.3) is 11.0 Å². The SMILES string of the molecule is CN(C)CCCS(=O)c1nc2ccc(N)cc2[nH]1. The average Bonchev–Trinajstić information content (AvgIpc) is 2.71. The van der Waals surface area contributed by atoms with E-state index >= 15 is 0 Å². The van der Waals surface area contributed by atoms with Crippen molar-refractivity contribution in [1.29, 1.82) is 0 Å². The van der Waals surface area contributed by atoms with Gasteiger partial charge in [0.1, 0.15) is 0 Å². The maximum atomic E-state index is 12.0. The largest absolute Gasteiger partial charge is 0.399 e. The van der Waals surface area contributed by atoms with Crippen molar-refractivity contribution in [1.82, 2.24) is 14.9 Å². The second-order valence-electron chi connectivity index (χ2n) is 4.53. The Morgan fingerprint density at radius 3 is 2.94 bits per heavy atom. The average molecular weight is 266 g/mol. The third-order valence-electron chi connectivity index (χ3n) is 2.63. The lowest BCUT2D eigenvalue weighted by Crippen LogP contribution is -2.15. The number of benzene rings is 1. The van der Waals surface area contributed by atoms with E-state index in [0.29, 0.717) is 16.6 Å². The molecule has 6 heteroatoms. The van der Waals surface area contributed by atoms with E-state index in [1.165, 1.54) is 0 Å². The molecule has 1 atom stereocenters. The van der Waals surface area contributed by atoms with Crippen molar-refractivity contribution >= 4 is 27.5 Å². The van der Waals surface area contributed by atoms with Gasteiger partial charge in [-0.15, -0.1) is 0 Å². The molecule has 3 N–H and O–H groups in total. The summed E-state index contributed by atoms with van der Waals surface area (Å²) in [6.07, 6.45) is 0.888. The van der Waals surface area contributed by atoms with Gasteiger partial charge in [0.15, 0.2) is 5.16 Å². The molecular formula is C12H18N4OS. The Balaban J connectivity index is 2.08. The molecule has 5 nitrogen and oxygen atoms in total. The van der Waals surface area contributed by atoms with Crippen molar-refractivity contribution in [2.24, 2.45) is 0 Å². The number of nitrogens with two attached hydrogens (primary N) is 1. The molecule has 18 heavy (non-hydrogen) atoms. The molecule has 2 aromatic rings. The molecule has 0 saturated heterocycles. The fraction of sp³-hybridized carbons (Fsp3) is 0.417. The number of H-pyrrole nitrogens is 1. The van der Waals surface area contributed by atoms with Crippen LogP contribution in [0.1, 0.15) is 6.42 Å². The molecule has 1 aromatic carbocycles. The molecule has 0 radical (unpaired) electrons. The first-order valence-electron chi connectivity index (χ1n) is 5.84. The van der Waals surface area contributed by atoms with Gasteiger partial charge in [-0.1, -0.05) is 0 Å². The second kappa shape index (κ2) is 5.49. The number of anilines is 1. The van der Waals surface area contributed by atoms with Crippen LogP contribution in [0.5, 0.6) is 0 Å². The van der Waals surface area contributed by atoms with E-state index in [4.69, 9.17) is 5.73 Å². The van der Waals surface area contributed by atoms with E-state index in [1.807, 2.05) is 26.2 Å². The van der Waals surface area contributed by atoms with E-state index in [-0.39, 0.29) is 0 Å². The van der Waals surface area contributed by atoms with Crippen LogP contribution >= 0.6 is 0 Å². The smallest absolute Gasteiger partial charge is 0.197 e. The van der Waals surface area contributed by atoms with Crippen molar-refractivity contribution in [3.05, 3.63) is 18.2 Å². The van der Waals surface area contributed by atoms with Crippen molar-refractivity contribution < 1.29 is 4.21 Å². The first-order chi connectivity index (χ1) is 8.56. The fourth-order valence-electron chi connectivity index (χ4n) is 1.72. The number of nitrogens with one attached hydrogen (secondary N) is 1. The fourth-order valence-corrected chi connectivity index (χ4v) is 2.73. The van der Waals surface area contributed by atoms with Gasteiger partial charge < -0.3 is 15.6 Å². The van der Waals surface area contributed by atoms with Gasteiger partial charge in [0.25, 0.3) is 0 Å². The standard InChI is InChI=1S/C12H18N4OS/c1-16(2)6-3-7-18(17)12-14-10-5-4-9(13)8-11(10)15-12/h4-5,8H,3,6-7,13H2,1-2H3,(H,14,15). The summed E-state index contributed by atoms with van der Waals surface area (Å²) < 4.78 is 12.0. The van der Waals surface area contributed by atoms with Gasteiger partial charge in [0, 0.05) is 11.4 Å². The summed E-state index contributed by atoms with van der Waals surface area (Å²) in [7, 11) is 2.94. The Bertz CT molecular complexity index is 564. The number of nitrogen functional groups attached to an aromatic ring is 1. The van der Waals surface area contributed by atoms with Crippen LogP contribution in [0.4, 0.5) is 5.69 Å². The molecule has 2 rings (SSSR count). The Morgan fingerprint density at radius 1 is 1.44 bits per heavy atom. The van der Waals surface area contributed by atoms with Gasteiger partial charge in [-0.05, 0) is 45.3 Å². The van der Waals surface area contributed by atoms with Crippen LogP contribution in [0.2, 0.25) is 0 Å². The van der Waals surface area contributed by atoms with Crippen LogP contribution in [-0.2, 0) is 10.8 Å². The lowest BCUT2D eigenvalue weighted by molar-refractivity contribution is 0.409. The number of nitrogens with zero attached hydrogens (tertiary/aromatic N) is 2. The van der Waals surface area contributed by atoms with E-state index in [0.717, 1.165) is 24.0 Å². The summed E-state index contributed by atoms with van der Waals surface area (Å²) in [4.78, 5) is 9.48. The van der Waals surface area contributed by atoms with Crippen molar-refractivity contribution in [3.63, 3.8) is 0 Å². The van der Waals surface area contributed by atoms with Crippen LogP contribution in [-0.4, -0.2) is 45.5 Å². The summed E-state index contributed by atoms with van der Waals surface area (Å²) in [6.45, 7) is 0.929. The summed E-state index contributed by atoms with van der Waals surface area (Å²) in [5.74, 6) is 0.619. The lowest BCUT2D eigenvalue weighted by atomic mass is 10.3. The molecule has 0 fully saturated rings. The molecule has 0 spiro atoms. The number of aromatic nitrogens is 2. The highest BCUT2D eigenvalue weighted by Crippen LogP contribution is 2.16. The predicted octanol–water partition coefficient (Wildman–Crippen LogP) is 1.20. The molecule has 1 unspecified atom stereocenters. The second-order valence-corrected chi connectivity index (χ2v) is 6.01. The zero-order valence-electron chi connectivity index (χ0n) is 10.6. The van der Waals surface area contributed by atoms with Gasteiger partial charge in [0.05, 0.1) is 21.8 Å². The number of hydrogen-bond donors (Lipinski definition) is 2. The molecule has 0 saturated carbocycles. The quantitative estimate of drug-likeness (QED) is 0.798. The van der Waals surface area contributed by atoms with Gasteiger partial charge >= 0.3 is 0 Å². The summed E-state index contributed by atoms with van der Waals surface area (Å²) in [5, 5.41) is 0.536. The number of aromatic amines is 1. The lowest BCUT2D eigenvalue weighted by Gasteiger charge is -2.07. The molecular weight excluding hydrogens is 248 g/mol. The third kappa shape index (κ3) is 3.08. The van der Waals surface area contributed by atoms with Gasteiger partial charge in [-0.2, -0.15) is 0 Å². The van der Waals surface area contributed by atoms with Gasteiger partial charge in [-0.25, -0.2) is 4.98 Å². The Hall–Kier alpha value is -1.40. The van der Waals surface area contributed by atoms with Crippen LogP contribution in [0.15, 0.2) is 23.4 Å². The first-order valence-corrected chi connectivity index (χ1v) is 7.16. The van der Waals surface area contributed by atoms with Gasteiger partial charge in [-0.3, -0.25) is 4.21 Å². The normalized spacial score (nSPS) is 13.3. The number of rotatable bonds is 5. The predicted molar refractivity (Wildman–Crippen MR) is 75.0 cm³/mol. The molecule has 1 heterocycles. The number of hydrogen-bond acceptors (Lipinski definition) is 4. The third-order valence-corrected chi connectivity index (χ3v) is 3.92. The molecule has 0 aliphatic heterocycles. The van der Waals surface area contributed by atoms with E-state index in [9.17, 15) is 4.21 Å². The Morgan fingerprint density at radius 2 is 2.22 bits per heavy atom. The van der Waals surface area contributed by atoms with E-state index in [1.54, 1.807) is 6.07 Å². The van der Waals surface area contributed by atoms with Crippen LogP contribution in [0, 0.1) is 0 Å².